The molecule has 0 saturated carbocycles. The lowest BCUT2D eigenvalue weighted by Gasteiger charge is -2.51. The molecule has 87 heavy (non-hydrogen) atoms. The van der Waals surface area contributed by atoms with Crippen LogP contribution in [0.5, 0.6) is 0 Å². The number of methoxy groups -OCH3 is 1. The van der Waals surface area contributed by atoms with E-state index in [1.54, 1.807) is 18.3 Å². The first-order valence-electron chi connectivity index (χ1n) is 22.6. The fourth-order valence-corrected chi connectivity index (χ4v) is 386. The second-order valence-electron chi connectivity index (χ2n) is 15.7. The summed E-state index contributed by atoms with van der Waals surface area (Å²) in [6.45, 7) is 1.82. The number of rotatable bonds is 19. The lowest BCUT2D eigenvalue weighted by atomic mass is 10.0. The molecule has 2 heterocycles. The molecule has 8 nitrogen and oxygen atoms in total. The molecule has 1 saturated heterocycles. The van der Waals surface area contributed by atoms with E-state index in [1.165, 1.54) is 25.3 Å². The molecule has 486 valence electrons. The van der Waals surface area contributed by atoms with Gasteiger partial charge in [0.2, 0.25) is 0 Å². The van der Waals surface area contributed by atoms with Gasteiger partial charge >= 0.3 is 5.97 Å². The van der Waals surface area contributed by atoms with Gasteiger partial charge in [0.1, 0.15) is 10.4 Å². The molecule has 3 N–H and O–H groups in total. The Morgan fingerprint density at radius 1 is 0.747 bits per heavy atom. The Kier molecular flexibility index (Phi) is 56.8. The number of esters is 1. The quantitative estimate of drug-likeness (QED) is 0.0209. The van der Waals surface area contributed by atoms with Gasteiger partial charge in [-0.05, 0) is 186 Å². The molecule has 0 radical (unpaired) electrons. The number of halogens is 7. The van der Waals surface area contributed by atoms with E-state index in [0.717, 1.165) is 66.1 Å². The van der Waals surface area contributed by atoms with Crippen molar-refractivity contribution >= 4 is 355 Å². The van der Waals surface area contributed by atoms with Crippen molar-refractivity contribution in [2.45, 2.75) is 17.4 Å². The minimum atomic E-state index is -3.82. The number of nitrogens with zero attached hydrogens (tertiary/aromatic N) is 2. The van der Waals surface area contributed by atoms with Crippen LogP contribution in [0.1, 0.15) is 27.9 Å². The number of nitrogen functional groups attached to an aromatic ring is 1. The number of nitrogens with two attached hydrogens (primary N) is 1. The SMILES string of the molecule is C#Cc1cc(F)ccc1N.COC(=O)c1ccc(-c2cccc(Br)c2)c(Cl)c1.O=S(=O)(Cl)c1ccc(C(F)F)cc1.OC1CN(c2cccnc2Br)C1.PPP(P(P)P)P(P(P(P)P)P(P)P)P(P(P(P)P)P(P)P)P(P(P)P)P(P)P.PPP(P)P. The van der Waals surface area contributed by atoms with Crippen molar-refractivity contribution in [1.29, 1.82) is 0 Å². The maximum Gasteiger partial charge on any atom is 0.337 e. The van der Waals surface area contributed by atoms with Crippen molar-refractivity contribution in [3.05, 3.63) is 140 Å². The van der Waals surface area contributed by atoms with E-state index in [2.05, 4.69) is 213 Å². The summed E-state index contributed by atoms with van der Waals surface area (Å²) in [6, 6.07) is 24.9. The van der Waals surface area contributed by atoms with Crippen LogP contribution in [-0.4, -0.2) is 50.8 Å². The number of pyridine rings is 1. The highest BCUT2D eigenvalue weighted by atomic mass is 79.9. The molecule has 5 aromatic rings. The maximum atomic E-state index is 12.4. The normalized spacial score (nSPS) is 13.5. The summed E-state index contributed by atoms with van der Waals surface area (Å²) in [5.41, 5.74) is 9.37. The summed E-state index contributed by atoms with van der Waals surface area (Å²) in [6.07, 6.45) is 3.99. The first kappa shape index (κ1) is 95.5. The molecular weight excluding hydrogens is 1940 g/mol. The third kappa shape index (κ3) is 36.6. The zero-order valence-corrected chi connectivity index (χ0v) is 86.0. The lowest BCUT2D eigenvalue weighted by Crippen LogP contribution is -2.51. The molecule has 0 aliphatic carbocycles. The number of aliphatic hydroxyl groups excluding tert-OH is 1. The van der Waals surface area contributed by atoms with Crippen LogP contribution in [0, 0.1) is 18.2 Å². The molecule has 50 heteroatoms. The third-order valence-electron chi connectivity index (χ3n) is 9.58. The molecule has 1 aromatic heterocycles. The Morgan fingerprint density at radius 3 is 1.62 bits per heavy atom. The van der Waals surface area contributed by atoms with Crippen LogP contribution in [-0.2, 0) is 13.8 Å². The Bertz CT molecular complexity index is 2980. The van der Waals surface area contributed by atoms with Crippen LogP contribution >= 0.6 is 329 Å². The summed E-state index contributed by atoms with van der Waals surface area (Å²) >= 11 is 13.0. The van der Waals surface area contributed by atoms with Gasteiger partial charge in [-0.2, -0.15) is 0 Å². The van der Waals surface area contributed by atoms with Gasteiger partial charge in [-0.25, -0.2) is 31.4 Å². The molecule has 1 fully saturated rings. The monoisotopic (exact) mass is 2000 g/mol. The minimum Gasteiger partial charge on any atom is -0.465 e. The van der Waals surface area contributed by atoms with E-state index in [1.807, 2.05) is 42.5 Å². The highest BCUT2D eigenvalue weighted by Gasteiger charge is 2.49. The number of hydrogen-bond donors (Lipinski definition) is 2. The summed E-state index contributed by atoms with van der Waals surface area (Å²) in [5.74, 6) is 1.52. The summed E-state index contributed by atoms with van der Waals surface area (Å²) < 4.78 is 64.3. The predicted molar refractivity (Wildman–Crippen MR) is 498 cm³/mol. The summed E-state index contributed by atoms with van der Waals surface area (Å²) in [4.78, 5) is 17.4. The van der Waals surface area contributed by atoms with Gasteiger partial charge in [0, 0.05) is 56.3 Å². The topological polar surface area (TPSA) is 123 Å². The fourth-order valence-electron chi connectivity index (χ4n) is 5.91. The van der Waals surface area contributed by atoms with Gasteiger partial charge in [-0.15, -0.1) is 167 Å². The Balaban J connectivity index is 0.000000559. The van der Waals surface area contributed by atoms with Crippen LogP contribution in [0.25, 0.3) is 11.1 Å². The largest absolute Gasteiger partial charge is 0.465 e. The molecule has 4 aromatic carbocycles. The second kappa shape index (κ2) is 51.7. The number of ether oxygens (including phenoxy) is 1. The number of alkyl halides is 2. The van der Waals surface area contributed by atoms with Crippen molar-refractivity contribution in [2.24, 2.45) is 0 Å². The van der Waals surface area contributed by atoms with Gasteiger partial charge in [0.05, 0.1) is 34.9 Å². The fraction of sp³-hybridized carbons (Fsp3) is 0.135. The number of β-amino-alcohol motifs (C(OH)–C–C–N with tert-alkyl or cyclic N) is 1. The highest BCUT2D eigenvalue weighted by molar-refractivity contribution is 9.43. The van der Waals surface area contributed by atoms with E-state index in [0.29, 0.717) is 34.9 Å². The number of benzene rings is 4. The van der Waals surface area contributed by atoms with Crippen molar-refractivity contribution in [1.82, 2.24) is 4.98 Å². The maximum absolute atomic E-state index is 12.4. The molecular formula is C37H68Br2Cl2F3N3O5P34S. The molecule has 0 amide bonds. The number of anilines is 2. The second-order valence-corrected chi connectivity index (χ2v) is 149. The number of carbonyl (C=O) groups excluding carboxylic acids is 1. The average Bonchev–Trinajstić information content (AvgIpc) is 1.37. The molecule has 0 bridgehead atoms. The summed E-state index contributed by atoms with van der Waals surface area (Å²) in [7, 11) is 61.9. The van der Waals surface area contributed by atoms with Crippen molar-refractivity contribution < 1.29 is 36.2 Å². The number of aliphatic hydroxyl groups is 1. The smallest absolute Gasteiger partial charge is 0.337 e. The molecule has 6 rings (SSSR count). The van der Waals surface area contributed by atoms with Gasteiger partial charge in [0.25, 0.3) is 15.5 Å². The molecule has 0 spiro atoms. The van der Waals surface area contributed by atoms with Crippen molar-refractivity contribution in [3.63, 3.8) is 0 Å². The van der Waals surface area contributed by atoms with E-state index in [4.69, 9.17) is 39.5 Å². The standard InChI is InChI=1S/C14H10BrClO2.C8H9BrN2O.C8H6FN.C7H5ClF2O2S.H31P29.H7P5/c1-18-14(17)10-5-6-12(13(16)8-10)9-3-2-4-11(15)7-9;9-8-7(2-1-3-10-8)11-4-6(12)5-11;1-2-6-5-7(9)3-4-8(6)10;8-13(11,12)6-3-1-5(2-4-6)7(9)10;1-16-24(17(2)3)28(25(18(4)5)19(6)7)29(26(20(8)9)21(10)11)27(22(12)13)23(14)15;1-4-5(2)3/h2-8H,1H3;1-3,6,12H,4-5H2;1,3-5H,10H2;1-4,7H;16H,1-15H2;4H,1-3H2. The number of carbonyl (C=O) groups is 1. The van der Waals surface area contributed by atoms with Gasteiger partial charge in [-0.1, -0.05) is 79.7 Å². The predicted octanol–water partition coefficient (Wildman–Crippen LogP) is 28.6. The number of terminal acetylenes is 1. The lowest BCUT2D eigenvalue weighted by molar-refractivity contribution is 0.0600. The average molecular weight is 2010 g/mol. The van der Waals surface area contributed by atoms with E-state index in [-0.39, 0.29) is 120 Å². The van der Waals surface area contributed by atoms with Crippen LogP contribution in [0.15, 0.2) is 117 Å². The number of aromatic nitrogens is 1. The van der Waals surface area contributed by atoms with E-state index in [9.17, 15) is 26.4 Å². The van der Waals surface area contributed by atoms with Gasteiger partial charge in [0.15, 0.2) is 0 Å². The van der Waals surface area contributed by atoms with Gasteiger partial charge in [-0.3, -0.25) is 0 Å². The Morgan fingerprint density at radius 2 is 1.25 bits per heavy atom. The van der Waals surface area contributed by atoms with Crippen LogP contribution in [0.4, 0.5) is 24.5 Å². The Hall–Kier alpha value is 10.5. The third-order valence-corrected chi connectivity index (χ3v) is 215. The zero-order valence-electron chi connectivity index (χ0n) is 45.2. The molecule has 22 unspecified atom stereocenters. The van der Waals surface area contributed by atoms with E-state index >= 15 is 0 Å². The van der Waals surface area contributed by atoms with Crippen LogP contribution < -0.4 is 10.6 Å². The Labute approximate surface area is 600 Å². The van der Waals surface area contributed by atoms with Crippen molar-refractivity contribution in [3.8, 4) is 23.5 Å². The molecule has 1 aliphatic heterocycles. The zero-order chi connectivity index (χ0) is 66.8. The number of hydrogen-bond acceptors (Lipinski definition) is 8. The van der Waals surface area contributed by atoms with Gasteiger partial charge < -0.3 is 20.5 Å². The van der Waals surface area contributed by atoms with Crippen LogP contribution in [0.2, 0.25) is 5.02 Å². The first-order valence-corrected chi connectivity index (χ1v) is 87.3. The molecule has 1 aliphatic rings. The first-order chi connectivity index (χ1) is 40.5. The highest BCUT2D eigenvalue weighted by Crippen LogP contribution is 3.37. The van der Waals surface area contributed by atoms with Crippen molar-refractivity contribution in [2.75, 3.05) is 30.8 Å². The minimum absolute atomic E-state index is 0.0147. The summed E-state index contributed by atoms with van der Waals surface area (Å²) in [5, 5.41) is 9.62. The molecule has 22 atom stereocenters. The van der Waals surface area contributed by atoms with Crippen LogP contribution in [0.3, 0.4) is 0 Å². The van der Waals surface area contributed by atoms with E-state index < -0.39 is 21.4 Å².